The van der Waals surface area contributed by atoms with Gasteiger partial charge < -0.3 is 0 Å². The van der Waals surface area contributed by atoms with E-state index in [9.17, 15) is 19.7 Å². The second-order valence-corrected chi connectivity index (χ2v) is 7.87. The fourth-order valence-corrected chi connectivity index (χ4v) is 4.39. The maximum absolute atomic E-state index is 13.2. The van der Waals surface area contributed by atoms with Crippen molar-refractivity contribution in [3.8, 4) is 11.1 Å². The van der Waals surface area contributed by atoms with Crippen molar-refractivity contribution in [3.63, 3.8) is 0 Å². The van der Waals surface area contributed by atoms with E-state index in [1.165, 1.54) is 23.7 Å². The molecule has 0 unspecified atom stereocenters. The van der Waals surface area contributed by atoms with Crippen molar-refractivity contribution in [1.29, 1.82) is 0 Å². The molecule has 8 nitrogen and oxygen atoms in total. The van der Waals surface area contributed by atoms with Gasteiger partial charge in [0.2, 0.25) is 0 Å². The normalized spacial score (nSPS) is 10.9. The van der Waals surface area contributed by atoms with Crippen LogP contribution in [0.1, 0.15) is 20.8 Å². The van der Waals surface area contributed by atoms with Crippen molar-refractivity contribution in [1.82, 2.24) is 9.66 Å². The fourth-order valence-electron chi connectivity index (χ4n) is 3.39. The van der Waals surface area contributed by atoms with E-state index in [0.717, 1.165) is 20.7 Å². The van der Waals surface area contributed by atoms with Crippen LogP contribution in [0.5, 0.6) is 0 Å². The van der Waals surface area contributed by atoms with Gasteiger partial charge in [0.25, 0.3) is 17.2 Å². The minimum atomic E-state index is -0.762. The minimum absolute atomic E-state index is 0.128. The maximum Gasteiger partial charge on any atom is 0.285 e. The smallest absolute Gasteiger partial charge is 0.267 e. The monoisotopic (exact) mass is 420 g/mol. The zero-order valence-electron chi connectivity index (χ0n) is 16.1. The molecule has 0 spiro atoms. The first-order valence-electron chi connectivity index (χ1n) is 9.00. The Labute approximate surface area is 174 Å². The highest BCUT2D eigenvalue weighted by atomic mass is 32.1. The highest BCUT2D eigenvalue weighted by Gasteiger charge is 2.24. The van der Waals surface area contributed by atoms with Gasteiger partial charge in [0.15, 0.2) is 0 Å². The number of fused-ring (bicyclic) bond motifs is 1. The molecule has 9 heteroatoms. The van der Waals surface area contributed by atoms with E-state index in [1.807, 2.05) is 37.3 Å². The molecule has 30 heavy (non-hydrogen) atoms. The molecule has 0 atom stereocenters. The summed E-state index contributed by atoms with van der Waals surface area (Å²) in [4.78, 5) is 42.5. The van der Waals surface area contributed by atoms with Gasteiger partial charge in [-0.2, -0.15) is 0 Å². The molecule has 0 aliphatic carbocycles. The van der Waals surface area contributed by atoms with E-state index in [1.54, 1.807) is 19.1 Å². The molecule has 0 aliphatic rings. The molecular formula is C21H16N4O4S. The van der Waals surface area contributed by atoms with Gasteiger partial charge in [0.05, 0.1) is 10.3 Å². The van der Waals surface area contributed by atoms with Gasteiger partial charge in [0, 0.05) is 16.0 Å². The largest absolute Gasteiger partial charge is 0.285 e. The molecule has 1 N–H and O–H groups in total. The Balaban J connectivity index is 1.81. The van der Waals surface area contributed by atoms with Gasteiger partial charge in [0.1, 0.15) is 16.7 Å². The third kappa shape index (κ3) is 3.25. The zero-order valence-corrected chi connectivity index (χ0v) is 16.9. The van der Waals surface area contributed by atoms with Gasteiger partial charge in [-0.1, -0.05) is 42.5 Å². The molecule has 150 valence electrons. The van der Waals surface area contributed by atoms with E-state index in [4.69, 9.17) is 0 Å². The number of nitrogens with one attached hydrogen (secondary N) is 1. The molecule has 0 bridgehead atoms. The van der Waals surface area contributed by atoms with Crippen molar-refractivity contribution in [2.24, 2.45) is 0 Å². The lowest BCUT2D eigenvalue weighted by Crippen LogP contribution is -2.33. The molecular weight excluding hydrogens is 404 g/mol. The van der Waals surface area contributed by atoms with E-state index in [-0.39, 0.29) is 11.3 Å². The number of nitrogens with zero attached hydrogens (tertiary/aromatic N) is 3. The van der Waals surface area contributed by atoms with Crippen molar-refractivity contribution >= 4 is 33.1 Å². The summed E-state index contributed by atoms with van der Waals surface area (Å²) in [6.45, 7) is 3.46. The average molecular weight is 420 g/mol. The van der Waals surface area contributed by atoms with Crippen LogP contribution >= 0.6 is 11.3 Å². The number of aryl methyl sites for hydroxylation is 2. The van der Waals surface area contributed by atoms with Crippen molar-refractivity contribution in [2.75, 3.05) is 5.43 Å². The summed E-state index contributed by atoms with van der Waals surface area (Å²) < 4.78 is 0.968. The number of nitro benzene ring substituents is 1. The predicted molar refractivity (Wildman–Crippen MR) is 116 cm³/mol. The summed E-state index contributed by atoms with van der Waals surface area (Å²) in [7, 11) is 0. The SMILES string of the molecule is Cc1cccc(C(=O)Nn2cnc3sc(C)c(-c4ccccc4)c3c2=O)c1[N+](=O)[O-]. The lowest BCUT2D eigenvalue weighted by molar-refractivity contribution is -0.385. The molecule has 4 aromatic rings. The second kappa shape index (κ2) is 7.53. The highest BCUT2D eigenvalue weighted by Crippen LogP contribution is 2.35. The maximum atomic E-state index is 13.2. The number of carbonyl (C=O) groups is 1. The highest BCUT2D eigenvalue weighted by molar-refractivity contribution is 7.19. The first-order valence-corrected chi connectivity index (χ1v) is 9.81. The molecule has 0 saturated heterocycles. The number of para-hydroxylation sites is 1. The Bertz CT molecular complexity index is 1360. The van der Waals surface area contributed by atoms with Gasteiger partial charge in [-0.3, -0.25) is 25.1 Å². The summed E-state index contributed by atoms with van der Waals surface area (Å²) >= 11 is 1.39. The Hall–Kier alpha value is -3.85. The lowest BCUT2D eigenvalue weighted by atomic mass is 10.0. The number of thiophene rings is 1. The predicted octanol–water partition coefficient (Wildman–Crippen LogP) is 4.03. The fraction of sp³-hybridized carbons (Fsp3) is 0.0952. The molecule has 0 radical (unpaired) electrons. The van der Waals surface area contributed by atoms with E-state index in [0.29, 0.717) is 15.8 Å². The van der Waals surface area contributed by atoms with Crippen LogP contribution in [0.2, 0.25) is 0 Å². The first-order chi connectivity index (χ1) is 14.4. The summed E-state index contributed by atoms with van der Waals surface area (Å²) in [6.07, 6.45) is 1.22. The summed E-state index contributed by atoms with van der Waals surface area (Å²) in [5, 5.41) is 11.8. The number of nitro groups is 1. The van der Waals surface area contributed by atoms with E-state index >= 15 is 0 Å². The molecule has 1 amide bonds. The third-order valence-corrected chi connectivity index (χ3v) is 5.75. The Morgan fingerprint density at radius 1 is 1.13 bits per heavy atom. The molecule has 2 heterocycles. The van der Waals surface area contributed by atoms with Crippen LogP contribution in [0, 0.1) is 24.0 Å². The van der Waals surface area contributed by atoms with Crippen LogP contribution in [-0.4, -0.2) is 20.5 Å². The number of hydrogen-bond donors (Lipinski definition) is 1. The Kier molecular flexibility index (Phi) is 4.88. The Morgan fingerprint density at radius 2 is 1.87 bits per heavy atom. The van der Waals surface area contributed by atoms with Gasteiger partial charge in [-0.15, -0.1) is 11.3 Å². The third-order valence-electron chi connectivity index (χ3n) is 4.74. The molecule has 0 aliphatic heterocycles. The molecule has 2 aromatic carbocycles. The minimum Gasteiger partial charge on any atom is -0.267 e. The standard InChI is InChI=1S/C21H16N4O4S/c1-12-7-6-10-15(18(12)25(28)29)19(26)23-24-11-22-20-17(21(24)27)16(13(2)30-20)14-8-4-3-5-9-14/h3-11H,1-2H3,(H,23,26). The van der Waals surface area contributed by atoms with Crippen LogP contribution in [-0.2, 0) is 0 Å². The summed E-state index contributed by atoms with van der Waals surface area (Å²) in [5.41, 5.74) is 3.55. The van der Waals surface area contributed by atoms with Crippen LogP contribution in [0.25, 0.3) is 21.3 Å². The number of amides is 1. The first kappa shape index (κ1) is 19.5. The lowest BCUT2D eigenvalue weighted by Gasteiger charge is -2.09. The second-order valence-electron chi connectivity index (χ2n) is 6.67. The number of benzene rings is 2. The van der Waals surface area contributed by atoms with Crippen LogP contribution in [0.4, 0.5) is 5.69 Å². The number of hydrogen-bond acceptors (Lipinski definition) is 6. The van der Waals surface area contributed by atoms with E-state index in [2.05, 4.69) is 10.4 Å². The van der Waals surface area contributed by atoms with Crippen molar-refractivity contribution < 1.29 is 9.72 Å². The molecule has 0 fully saturated rings. The summed E-state index contributed by atoms with van der Waals surface area (Å²) in [6, 6.07) is 13.9. The molecule has 2 aromatic heterocycles. The average Bonchev–Trinajstić information content (AvgIpc) is 3.07. The van der Waals surface area contributed by atoms with Crippen LogP contribution in [0.3, 0.4) is 0 Å². The van der Waals surface area contributed by atoms with Crippen molar-refractivity contribution in [3.05, 3.63) is 91.3 Å². The van der Waals surface area contributed by atoms with Crippen molar-refractivity contribution in [2.45, 2.75) is 13.8 Å². The Morgan fingerprint density at radius 3 is 2.57 bits per heavy atom. The molecule has 4 rings (SSSR count). The van der Waals surface area contributed by atoms with Crippen LogP contribution < -0.4 is 11.0 Å². The van der Waals surface area contributed by atoms with Gasteiger partial charge in [-0.25, -0.2) is 9.66 Å². The number of rotatable bonds is 4. The molecule has 0 saturated carbocycles. The van der Waals surface area contributed by atoms with Gasteiger partial charge >= 0.3 is 0 Å². The topological polar surface area (TPSA) is 107 Å². The number of carbonyl (C=O) groups excluding carboxylic acids is 1. The zero-order chi connectivity index (χ0) is 21.4. The van der Waals surface area contributed by atoms with Gasteiger partial charge in [-0.05, 0) is 25.5 Å². The van der Waals surface area contributed by atoms with E-state index < -0.39 is 16.4 Å². The number of aromatic nitrogens is 2. The quantitative estimate of drug-likeness (QED) is 0.396. The summed E-state index contributed by atoms with van der Waals surface area (Å²) in [5.74, 6) is -0.762. The van der Waals surface area contributed by atoms with Crippen LogP contribution in [0.15, 0.2) is 59.7 Å².